The highest BCUT2D eigenvalue weighted by Gasteiger charge is 2.47. The zero-order valence-corrected chi connectivity index (χ0v) is 6.67. The average molecular weight is 169 g/mol. The van der Waals surface area contributed by atoms with E-state index in [-0.39, 0.29) is 5.91 Å². The summed E-state index contributed by atoms with van der Waals surface area (Å²) in [6.07, 6.45) is 1.29. The van der Waals surface area contributed by atoms with Gasteiger partial charge >= 0.3 is 0 Å². The molecule has 0 saturated carbocycles. The lowest BCUT2D eigenvalue weighted by molar-refractivity contribution is -0.129. The van der Waals surface area contributed by atoms with Gasteiger partial charge in [0.2, 0.25) is 0 Å². The van der Waals surface area contributed by atoms with Crippen LogP contribution in [-0.2, 0) is 9.53 Å². The molecule has 1 spiro atoms. The van der Waals surface area contributed by atoms with Gasteiger partial charge in [-0.3, -0.25) is 4.79 Å². The molecule has 0 aliphatic carbocycles. The number of hydrogen-bond acceptors (Lipinski definition) is 4. The summed E-state index contributed by atoms with van der Waals surface area (Å²) in [6, 6.07) is 0. The molecule has 2 aliphatic rings. The van der Waals surface area contributed by atoms with Crippen molar-refractivity contribution < 1.29 is 9.53 Å². The standard InChI is InChI=1S/C7H11N3O2/c8-5-7(6(11)10-9-5)1-3-12-4-2-7/h1-4H2,(H2,8,9)(H,10,11). The van der Waals surface area contributed by atoms with Crippen molar-refractivity contribution in [2.24, 2.45) is 16.3 Å². The third-order valence-corrected chi connectivity index (χ3v) is 2.55. The van der Waals surface area contributed by atoms with Crippen molar-refractivity contribution in [3.05, 3.63) is 0 Å². The zero-order valence-electron chi connectivity index (χ0n) is 6.67. The predicted molar refractivity (Wildman–Crippen MR) is 42.3 cm³/mol. The monoisotopic (exact) mass is 169 g/mol. The minimum Gasteiger partial charge on any atom is -0.385 e. The number of carbonyl (C=O) groups excluding carboxylic acids is 1. The number of amidine groups is 1. The molecule has 5 heteroatoms. The van der Waals surface area contributed by atoms with E-state index in [1.807, 2.05) is 0 Å². The van der Waals surface area contributed by atoms with E-state index in [0.29, 0.717) is 31.9 Å². The molecule has 5 nitrogen and oxygen atoms in total. The minimum absolute atomic E-state index is 0.0803. The fourth-order valence-electron chi connectivity index (χ4n) is 1.64. The highest BCUT2D eigenvalue weighted by atomic mass is 16.5. The largest absolute Gasteiger partial charge is 0.385 e. The topological polar surface area (TPSA) is 76.7 Å². The zero-order chi connectivity index (χ0) is 8.60. The molecule has 12 heavy (non-hydrogen) atoms. The van der Waals surface area contributed by atoms with Gasteiger partial charge in [0, 0.05) is 13.2 Å². The normalized spacial score (nSPS) is 27.0. The predicted octanol–water partition coefficient (Wildman–Crippen LogP) is -0.815. The first-order chi connectivity index (χ1) is 5.76. The minimum atomic E-state index is -0.557. The molecular weight excluding hydrogens is 158 g/mol. The van der Waals surface area contributed by atoms with Gasteiger partial charge in [0.25, 0.3) is 5.91 Å². The molecular formula is C7H11N3O2. The lowest BCUT2D eigenvalue weighted by Crippen LogP contribution is -2.45. The van der Waals surface area contributed by atoms with Gasteiger partial charge in [-0.25, -0.2) is 5.43 Å². The van der Waals surface area contributed by atoms with Crippen LogP contribution in [0.5, 0.6) is 0 Å². The van der Waals surface area contributed by atoms with Crippen molar-refractivity contribution in [3.63, 3.8) is 0 Å². The summed E-state index contributed by atoms with van der Waals surface area (Å²) >= 11 is 0. The second kappa shape index (κ2) is 2.45. The molecule has 0 unspecified atom stereocenters. The lowest BCUT2D eigenvalue weighted by Gasteiger charge is -2.29. The summed E-state index contributed by atoms with van der Waals surface area (Å²) in [7, 11) is 0. The summed E-state index contributed by atoms with van der Waals surface area (Å²) in [5.41, 5.74) is 7.49. The van der Waals surface area contributed by atoms with Gasteiger partial charge in [-0.2, -0.15) is 5.10 Å². The van der Waals surface area contributed by atoms with Gasteiger partial charge in [0.1, 0.15) is 11.3 Å². The van der Waals surface area contributed by atoms with Gasteiger partial charge < -0.3 is 10.5 Å². The van der Waals surface area contributed by atoms with E-state index in [4.69, 9.17) is 10.5 Å². The highest BCUT2D eigenvalue weighted by Crippen LogP contribution is 2.33. The van der Waals surface area contributed by atoms with Crippen molar-refractivity contribution >= 4 is 11.7 Å². The molecule has 0 aromatic rings. The molecule has 1 saturated heterocycles. The van der Waals surface area contributed by atoms with Crippen molar-refractivity contribution in [1.29, 1.82) is 0 Å². The smallest absolute Gasteiger partial charge is 0.254 e. The van der Waals surface area contributed by atoms with Crippen LogP contribution in [0.1, 0.15) is 12.8 Å². The summed E-state index contributed by atoms with van der Waals surface area (Å²) in [6.45, 7) is 1.17. The molecule has 0 atom stereocenters. The average Bonchev–Trinajstić information content (AvgIpc) is 2.36. The number of carbonyl (C=O) groups is 1. The number of nitrogens with two attached hydrogens (primary N) is 1. The SMILES string of the molecule is NC1=NNC(=O)C12CCOCC2. The molecule has 2 aliphatic heterocycles. The number of amides is 1. The second-order valence-corrected chi connectivity index (χ2v) is 3.13. The fraction of sp³-hybridized carbons (Fsp3) is 0.714. The lowest BCUT2D eigenvalue weighted by atomic mass is 9.79. The van der Waals surface area contributed by atoms with Crippen molar-refractivity contribution in [2.45, 2.75) is 12.8 Å². The molecule has 1 amide bonds. The van der Waals surface area contributed by atoms with Crippen LogP contribution in [-0.4, -0.2) is 25.0 Å². The van der Waals surface area contributed by atoms with E-state index in [1.54, 1.807) is 0 Å². The van der Waals surface area contributed by atoms with Crippen molar-refractivity contribution in [3.8, 4) is 0 Å². The number of nitrogens with one attached hydrogen (secondary N) is 1. The van der Waals surface area contributed by atoms with Crippen LogP contribution >= 0.6 is 0 Å². The van der Waals surface area contributed by atoms with Crippen LogP contribution in [0.25, 0.3) is 0 Å². The van der Waals surface area contributed by atoms with Crippen LogP contribution in [0.4, 0.5) is 0 Å². The third kappa shape index (κ3) is 0.828. The van der Waals surface area contributed by atoms with E-state index in [9.17, 15) is 4.79 Å². The Morgan fingerprint density at radius 3 is 2.67 bits per heavy atom. The summed E-state index contributed by atoms with van der Waals surface area (Å²) in [4.78, 5) is 11.4. The Balaban J connectivity index is 2.27. The van der Waals surface area contributed by atoms with E-state index >= 15 is 0 Å². The van der Waals surface area contributed by atoms with Crippen LogP contribution in [0.15, 0.2) is 5.10 Å². The molecule has 1 fully saturated rings. The highest BCUT2D eigenvalue weighted by molar-refractivity contribution is 6.10. The van der Waals surface area contributed by atoms with Crippen molar-refractivity contribution in [1.82, 2.24) is 5.43 Å². The van der Waals surface area contributed by atoms with E-state index in [2.05, 4.69) is 10.5 Å². The van der Waals surface area contributed by atoms with Crippen molar-refractivity contribution in [2.75, 3.05) is 13.2 Å². The van der Waals surface area contributed by atoms with E-state index in [0.717, 1.165) is 0 Å². The Morgan fingerprint density at radius 2 is 2.17 bits per heavy atom. The van der Waals surface area contributed by atoms with Gasteiger partial charge in [0.15, 0.2) is 0 Å². The van der Waals surface area contributed by atoms with Crippen LogP contribution in [0.3, 0.4) is 0 Å². The molecule has 0 radical (unpaired) electrons. The Morgan fingerprint density at radius 1 is 1.50 bits per heavy atom. The first-order valence-electron chi connectivity index (χ1n) is 3.97. The number of rotatable bonds is 0. The Kier molecular flexibility index (Phi) is 1.54. The van der Waals surface area contributed by atoms with Gasteiger partial charge in [-0.15, -0.1) is 0 Å². The van der Waals surface area contributed by atoms with E-state index in [1.165, 1.54) is 0 Å². The van der Waals surface area contributed by atoms with Gasteiger partial charge in [0.05, 0.1) is 0 Å². The first kappa shape index (κ1) is 7.54. The Bertz CT molecular complexity index is 243. The fourth-order valence-corrected chi connectivity index (χ4v) is 1.64. The van der Waals surface area contributed by atoms with Crippen LogP contribution in [0.2, 0.25) is 0 Å². The Labute approximate surface area is 69.9 Å². The molecule has 0 bridgehead atoms. The maximum atomic E-state index is 11.4. The van der Waals surface area contributed by atoms with Gasteiger partial charge in [-0.1, -0.05) is 0 Å². The number of nitrogens with zero attached hydrogens (tertiary/aromatic N) is 1. The number of hydrazone groups is 1. The summed E-state index contributed by atoms with van der Waals surface area (Å²) in [5, 5.41) is 3.73. The first-order valence-corrected chi connectivity index (χ1v) is 3.97. The van der Waals surface area contributed by atoms with Crippen LogP contribution < -0.4 is 11.2 Å². The molecule has 0 aromatic carbocycles. The maximum absolute atomic E-state index is 11.4. The number of ether oxygens (including phenoxy) is 1. The maximum Gasteiger partial charge on any atom is 0.254 e. The Hall–Kier alpha value is -1.10. The molecule has 2 heterocycles. The third-order valence-electron chi connectivity index (χ3n) is 2.55. The molecule has 0 aromatic heterocycles. The van der Waals surface area contributed by atoms with Gasteiger partial charge in [-0.05, 0) is 12.8 Å². The quantitative estimate of drug-likeness (QED) is 0.497. The van der Waals surface area contributed by atoms with E-state index < -0.39 is 5.41 Å². The molecule has 66 valence electrons. The second-order valence-electron chi connectivity index (χ2n) is 3.13. The molecule has 2 rings (SSSR count). The van der Waals surface area contributed by atoms with Crippen LogP contribution in [0, 0.1) is 5.41 Å². The summed E-state index contributed by atoms with van der Waals surface area (Å²) < 4.78 is 5.16. The molecule has 3 N–H and O–H groups in total. The summed E-state index contributed by atoms with van der Waals surface area (Å²) in [5.74, 6) is 0.333. The number of hydrogen-bond donors (Lipinski definition) is 2.